The molecule has 19 heavy (non-hydrogen) atoms. The Bertz CT molecular complexity index is 502. The molecule has 0 aliphatic carbocycles. The Hall–Kier alpha value is -1.40. The predicted molar refractivity (Wildman–Crippen MR) is 69.6 cm³/mol. The van der Waals surface area contributed by atoms with Crippen LogP contribution in [-0.4, -0.2) is 25.8 Å². The zero-order valence-electron chi connectivity index (χ0n) is 11.0. The molecular weight excluding hydrogens is 271 g/mol. The van der Waals surface area contributed by atoms with Crippen molar-refractivity contribution in [2.45, 2.75) is 12.3 Å². The number of hydrogen-bond donors (Lipinski definition) is 1. The van der Waals surface area contributed by atoms with Gasteiger partial charge in [0.1, 0.15) is 5.75 Å². The third-order valence-corrected chi connectivity index (χ3v) is 4.17. The highest BCUT2D eigenvalue weighted by atomic mass is 31.2. The molecule has 106 valence electrons. The zero-order chi connectivity index (χ0) is 13.2. The Balaban J connectivity index is 0.00000180. The molecule has 0 bridgehead atoms. The SMILES string of the molecule is COc1ccc(C2=NOC(P(=O)([O-])OC)C2)cc1.[NH4+]. The maximum Gasteiger partial charge on any atom is 0.196 e. The first-order valence-electron chi connectivity index (χ1n) is 5.30. The average molecular weight is 288 g/mol. The Kier molecular flexibility index (Phi) is 5.08. The Morgan fingerprint density at radius 1 is 1.37 bits per heavy atom. The van der Waals surface area contributed by atoms with Crippen LogP contribution in [0.25, 0.3) is 0 Å². The predicted octanol–water partition coefficient (Wildman–Crippen LogP) is 1.72. The number of nitrogens with zero attached hydrogens (tertiary/aromatic N) is 1. The van der Waals surface area contributed by atoms with E-state index in [1.54, 1.807) is 31.4 Å². The van der Waals surface area contributed by atoms with Crippen LogP contribution in [0.15, 0.2) is 29.4 Å². The van der Waals surface area contributed by atoms with E-state index in [2.05, 4.69) is 9.68 Å². The minimum Gasteiger partial charge on any atom is -0.776 e. The number of rotatable bonds is 4. The molecule has 1 aliphatic rings. The van der Waals surface area contributed by atoms with Gasteiger partial charge in [0.25, 0.3) is 0 Å². The van der Waals surface area contributed by atoms with Gasteiger partial charge in [-0.1, -0.05) is 5.16 Å². The van der Waals surface area contributed by atoms with E-state index in [9.17, 15) is 9.46 Å². The minimum absolute atomic E-state index is 0. The van der Waals surface area contributed by atoms with Crippen LogP contribution in [0, 0.1) is 0 Å². The fourth-order valence-corrected chi connectivity index (χ4v) is 2.40. The number of ether oxygens (including phenoxy) is 1. The van der Waals surface area contributed by atoms with Gasteiger partial charge in [0.05, 0.1) is 12.8 Å². The maximum atomic E-state index is 11.5. The summed E-state index contributed by atoms with van der Waals surface area (Å²) in [5.41, 5.74) is 1.38. The lowest BCUT2D eigenvalue weighted by atomic mass is 10.1. The van der Waals surface area contributed by atoms with Gasteiger partial charge < -0.3 is 29.7 Å². The minimum atomic E-state index is -4.01. The molecule has 2 rings (SSSR count). The van der Waals surface area contributed by atoms with Gasteiger partial charge in [-0.05, 0) is 29.8 Å². The number of benzene rings is 1. The van der Waals surface area contributed by atoms with Crippen molar-refractivity contribution in [3.8, 4) is 5.75 Å². The first-order valence-corrected chi connectivity index (χ1v) is 6.91. The fraction of sp³-hybridized carbons (Fsp3) is 0.364. The van der Waals surface area contributed by atoms with Crippen LogP contribution >= 0.6 is 7.60 Å². The van der Waals surface area contributed by atoms with Crippen LogP contribution in [0.3, 0.4) is 0 Å². The Morgan fingerprint density at radius 3 is 2.53 bits per heavy atom. The van der Waals surface area contributed by atoms with Gasteiger partial charge in [-0.25, -0.2) is 0 Å². The van der Waals surface area contributed by atoms with Gasteiger partial charge in [0.2, 0.25) is 0 Å². The fourth-order valence-electron chi connectivity index (χ4n) is 1.61. The molecule has 1 aliphatic heterocycles. The molecule has 0 spiro atoms. The third-order valence-electron chi connectivity index (χ3n) is 2.68. The molecule has 0 aromatic heterocycles. The Labute approximate surface area is 111 Å². The summed E-state index contributed by atoms with van der Waals surface area (Å²) in [7, 11) is -1.32. The van der Waals surface area contributed by atoms with Crippen LogP contribution in [0.5, 0.6) is 5.75 Å². The lowest BCUT2D eigenvalue weighted by Crippen LogP contribution is -2.18. The highest BCUT2D eigenvalue weighted by molar-refractivity contribution is 7.52. The van der Waals surface area contributed by atoms with E-state index in [4.69, 9.17) is 9.57 Å². The van der Waals surface area contributed by atoms with Crippen molar-refractivity contribution < 1.29 is 23.6 Å². The molecule has 8 heteroatoms. The molecule has 0 saturated heterocycles. The highest BCUT2D eigenvalue weighted by Crippen LogP contribution is 2.46. The number of quaternary nitrogens is 1. The Morgan fingerprint density at radius 2 is 2.00 bits per heavy atom. The largest absolute Gasteiger partial charge is 0.776 e. The molecular formula is C11H17N2O5P. The topological polar surface area (TPSA) is 117 Å². The smallest absolute Gasteiger partial charge is 0.196 e. The van der Waals surface area contributed by atoms with E-state index < -0.39 is 13.4 Å². The van der Waals surface area contributed by atoms with Crippen molar-refractivity contribution >= 4 is 13.3 Å². The second kappa shape index (κ2) is 6.16. The van der Waals surface area contributed by atoms with Gasteiger partial charge in [-0.3, -0.25) is 0 Å². The van der Waals surface area contributed by atoms with Crippen LogP contribution < -0.4 is 15.8 Å². The van der Waals surface area contributed by atoms with E-state index in [0.717, 1.165) is 18.4 Å². The number of methoxy groups -OCH3 is 1. The van der Waals surface area contributed by atoms with Gasteiger partial charge in [0.15, 0.2) is 13.4 Å². The number of hydrogen-bond acceptors (Lipinski definition) is 6. The maximum absolute atomic E-state index is 11.5. The molecule has 1 heterocycles. The quantitative estimate of drug-likeness (QED) is 0.846. The van der Waals surface area contributed by atoms with Crippen molar-refractivity contribution in [2.24, 2.45) is 5.16 Å². The molecule has 1 aromatic rings. The molecule has 0 amide bonds. The average Bonchev–Trinajstić information content (AvgIpc) is 2.89. The summed E-state index contributed by atoms with van der Waals surface area (Å²) >= 11 is 0. The molecule has 0 fully saturated rings. The summed E-state index contributed by atoms with van der Waals surface area (Å²) < 4.78 is 20.9. The van der Waals surface area contributed by atoms with Crippen molar-refractivity contribution in [3.63, 3.8) is 0 Å². The lowest BCUT2D eigenvalue weighted by molar-refractivity contribution is -0.206. The van der Waals surface area contributed by atoms with Crippen molar-refractivity contribution in [1.82, 2.24) is 6.15 Å². The summed E-state index contributed by atoms with van der Waals surface area (Å²) in [6, 6.07) is 7.15. The summed E-state index contributed by atoms with van der Waals surface area (Å²) in [6.45, 7) is 0. The summed E-state index contributed by atoms with van der Waals surface area (Å²) in [6.07, 6.45) is 0.181. The molecule has 0 saturated carbocycles. The third kappa shape index (κ3) is 3.33. The monoisotopic (exact) mass is 288 g/mol. The standard InChI is InChI=1S/C11H14NO5P.H3N/c1-15-9-5-3-8(4-6-9)10-7-11(17-12-10)18(13,14)16-2;/h3-6,11H,7H2,1-2H3,(H,13,14);1H3. The van der Waals surface area contributed by atoms with Crippen LogP contribution in [0.1, 0.15) is 12.0 Å². The van der Waals surface area contributed by atoms with Gasteiger partial charge in [0, 0.05) is 13.5 Å². The van der Waals surface area contributed by atoms with Crippen LogP contribution in [0.4, 0.5) is 0 Å². The second-order valence-electron chi connectivity index (χ2n) is 3.75. The number of oxime groups is 1. The van der Waals surface area contributed by atoms with Crippen molar-refractivity contribution in [1.29, 1.82) is 0 Å². The van der Waals surface area contributed by atoms with E-state index in [1.807, 2.05) is 0 Å². The lowest BCUT2D eigenvalue weighted by Gasteiger charge is -2.24. The summed E-state index contributed by atoms with van der Waals surface area (Å²) in [4.78, 5) is 16.4. The van der Waals surface area contributed by atoms with E-state index in [-0.39, 0.29) is 12.6 Å². The van der Waals surface area contributed by atoms with E-state index in [0.29, 0.717) is 5.71 Å². The molecule has 0 radical (unpaired) electrons. The molecule has 2 unspecified atom stereocenters. The summed E-state index contributed by atoms with van der Waals surface area (Å²) in [5, 5.41) is 3.78. The molecule has 7 nitrogen and oxygen atoms in total. The van der Waals surface area contributed by atoms with E-state index in [1.165, 1.54) is 0 Å². The first kappa shape index (κ1) is 15.7. The van der Waals surface area contributed by atoms with Crippen LogP contribution in [0.2, 0.25) is 0 Å². The summed E-state index contributed by atoms with van der Waals surface area (Å²) in [5.74, 6) is -0.319. The second-order valence-corrected chi connectivity index (χ2v) is 5.77. The molecule has 1 aromatic carbocycles. The zero-order valence-corrected chi connectivity index (χ0v) is 11.9. The first-order chi connectivity index (χ1) is 8.56. The van der Waals surface area contributed by atoms with E-state index >= 15 is 0 Å². The normalized spacial score (nSPS) is 20.8. The highest BCUT2D eigenvalue weighted by Gasteiger charge is 2.31. The van der Waals surface area contributed by atoms with Gasteiger partial charge in [-0.15, -0.1) is 0 Å². The van der Waals surface area contributed by atoms with Gasteiger partial charge in [-0.2, -0.15) is 0 Å². The van der Waals surface area contributed by atoms with Crippen molar-refractivity contribution in [2.75, 3.05) is 14.2 Å². The molecule has 4 N–H and O–H groups in total. The van der Waals surface area contributed by atoms with Crippen molar-refractivity contribution in [3.05, 3.63) is 29.8 Å². The van der Waals surface area contributed by atoms with Crippen LogP contribution in [-0.2, 0) is 13.9 Å². The van der Waals surface area contributed by atoms with Gasteiger partial charge >= 0.3 is 0 Å². The molecule has 2 atom stereocenters.